The molecule has 0 spiro atoms. The highest BCUT2D eigenvalue weighted by molar-refractivity contribution is 8.06. The summed E-state index contributed by atoms with van der Waals surface area (Å²) < 4.78 is 5.27. The lowest BCUT2D eigenvalue weighted by molar-refractivity contribution is 0.161. The van der Waals surface area contributed by atoms with Crippen LogP contribution in [0.15, 0.2) is 0 Å². The Bertz CT molecular complexity index is 163. The highest BCUT2D eigenvalue weighted by Crippen LogP contribution is 2.23. The van der Waals surface area contributed by atoms with Crippen molar-refractivity contribution in [2.75, 3.05) is 37.5 Å². The predicted octanol–water partition coefficient (Wildman–Crippen LogP) is 2.63. The van der Waals surface area contributed by atoms with Crippen molar-refractivity contribution >= 4 is 23.5 Å². The van der Waals surface area contributed by atoms with Gasteiger partial charge in [-0.15, -0.1) is 0 Å². The summed E-state index contributed by atoms with van der Waals surface area (Å²) in [7, 11) is 1.80. The molecule has 1 rings (SSSR count). The van der Waals surface area contributed by atoms with E-state index < -0.39 is 0 Å². The molecule has 0 saturated carbocycles. The predicted molar refractivity (Wildman–Crippen MR) is 76.8 cm³/mol. The minimum Gasteiger partial charge on any atom is -0.383 e. The van der Waals surface area contributed by atoms with Gasteiger partial charge >= 0.3 is 0 Å². The number of hydrogen-bond acceptors (Lipinski definition) is 4. The first kappa shape index (κ1) is 14.7. The third-order valence-electron chi connectivity index (χ3n) is 2.79. The fourth-order valence-corrected chi connectivity index (χ4v) is 4.47. The fraction of sp³-hybridized carbons (Fsp3) is 1.00. The summed E-state index contributed by atoms with van der Waals surface area (Å²) in [6.07, 6.45) is 3.82. The average molecular weight is 263 g/mol. The van der Waals surface area contributed by atoms with Crippen molar-refractivity contribution in [2.24, 2.45) is 0 Å². The van der Waals surface area contributed by atoms with Gasteiger partial charge in [-0.3, -0.25) is 0 Å². The molecule has 0 bridgehead atoms. The molecule has 1 fully saturated rings. The molecule has 96 valence electrons. The van der Waals surface area contributed by atoms with E-state index in [-0.39, 0.29) is 0 Å². The van der Waals surface area contributed by atoms with Gasteiger partial charge in [-0.25, -0.2) is 0 Å². The Morgan fingerprint density at radius 1 is 1.44 bits per heavy atom. The van der Waals surface area contributed by atoms with Gasteiger partial charge in [0.2, 0.25) is 0 Å². The van der Waals surface area contributed by atoms with Crippen LogP contribution in [-0.4, -0.2) is 48.8 Å². The first-order valence-corrected chi connectivity index (χ1v) is 8.48. The van der Waals surface area contributed by atoms with Crippen LogP contribution in [0.4, 0.5) is 0 Å². The average Bonchev–Trinajstić information content (AvgIpc) is 2.34. The maximum atomic E-state index is 5.27. The van der Waals surface area contributed by atoms with Crippen LogP contribution in [-0.2, 0) is 4.74 Å². The van der Waals surface area contributed by atoms with Gasteiger partial charge in [-0.2, -0.15) is 23.5 Å². The van der Waals surface area contributed by atoms with E-state index in [1.165, 1.54) is 36.5 Å². The summed E-state index contributed by atoms with van der Waals surface area (Å²) in [5.74, 6) is 3.96. The van der Waals surface area contributed by atoms with Crippen LogP contribution in [0.25, 0.3) is 0 Å². The van der Waals surface area contributed by atoms with Crippen LogP contribution in [0.1, 0.15) is 26.2 Å². The molecule has 1 aliphatic heterocycles. The van der Waals surface area contributed by atoms with Crippen molar-refractivity contribution in [1.29, 1.82) is 0 Å². The molecular formula is C12H25NOS2. The van der Waals surface area contributed by atoms with E-state index >= 15 is 0 Å². The molecule has 4 heteroatoms. The smallest absolute Gasteiger partial charge is 0.0615 e. The number of unbranched alkanes of at least 4 members (excludes halogenated alkanes) is 1. The lowest BCUT2D eigenvalue weighted by atomic mass is 10.1. The van der Waals surface area contributed by atoms with Gasteiger partial charge in [0.15, 0.2) is 0 Å². The first-order valence-electron chi connectivity index (χ1n) is 6.28. The zero-order valence-corrected chi connectivity index (χ0v) is 12.2. The Morgan fingerprint density at radius 3 is 2.94 bits per heavy atom. The fourth-order valence-electron chi connectivity index (χ4n) is 1.85. The number of rotatable bonds is 8. The molecule has 2 unspecified atom stereocenters. The zero-order chi connectivity index (χ0) is 11.6. The minimum atomic E-state index is 0.553. The molecule has 0 aromatic carbocycles. The first-order chi connectivity index (χ1) is 7.86. The summed E-state index contributed by atoms with van der Waals surface area (Å²) in [5.41, 5.74) is 0. The molecule has 1 aliphatic rings. The molecule has 2 nitrogen and oxygen atoms in total. The molecule has 0 aromatic rings. The van der Waals surface area contributed by atoms with Gasteiger partial charge in [-0.05, 0) is 6.42 Å². The Balaban J connectivity index is 2.14. The van der Waals surface area contributed by atoms with Crippen LogP contribution in [0.5, 0.6) is 0 Å². The number of hydrogen-bond donors (Lipinski definition) is 1. The summed E-state index contributed by atoms with van der Waals surface area (Å²) in [6.45, 7) is 4.25. The molecule has 2 atom stereocenters. The van der Waals surface area contributed by atoms with E-state index in [0.717, 1.165) is 18.4 Å². The van der Waals surface area contributed by atoms with Gasteiger partial charge in [0.1, 0.15) is 0 Å². The quantitative estimate of drug-likeness (QED) is 0.726. The van der Waals surface area contributed by atoms with Crippen molar-refractivity contribution < 1.29 is 4.74 Å². The second-order valence-corrected chi connectivity index (χ2v) is 6.83. The number of nitrogens with one attached hydrogen (secondary N) is 1. The van der Waals surface area contributed by atoms with E-state index in [0.29, 0.717) is 6.04 Å². The van der Waals surface area contributed by atoms with Crippen LogP contribution < -0.4 is 5.32 Å². The van der Waals surface area contributed by atoms with Gasteiger partial charge in [0.05, 0.1) is 6.61 Å². The lowest BCUT2D eigenvalue weighted by Crippen LogP contribution is -2.39. The van der Waals surface area contributed by atoms with Crippen molar-refractivity contribution in [3.8, 4) is 0 Å². The summed E-state index contributed by atoms with van der Waals surface area (Å²) in [6, 6.07) is 0.553. The van der Waals surface area contributed by atoms with E-state index in [9.17, 15) is 0 Å². The zero-order valence-electron chi connectivity index (χ0n) is 10.5. The van der Waals surface area contributed by atoms with Crippen LogP contribution in [0.2, 0.25) is 0 Å². The second-order valence-electron chi connectivity index (χ2n) is 4.27. The Kier molecular flexibility index (Phi) is 8.84. The normalized spacial score (nSPS) is 23.2. The topological polar surface area (TPSA) is 21.3 Å². The number of thioether (sulfide) groups is 2. The SMILES string of the molecule is CCCCC(COC)NCC1CSCCS1. The second kappa shape index (κ2) is 9.63. The van der Waals surface area contributed by atoms with Crippen LogP contribution >= 0.6 is 23.5 Å². The largest absolute Gasteiger partial charge is 0.383 e. The Morgan fingerprint density at radius 2 is 2.31 bits per heavy atom. The number of methoxy groups -OCH3 is 1. The van der Waals surface area contributed by atoms with E-state index in [1.807, 2.05) is 0 Å². The summed E-state index contributed by atoms with van der Waals surface area (Å²) in [5, 5.41) is 4.47. The molecule has 1 heterocycles. The maximum Gasteiger partial charge on any atom is 0.0615 e. The molecule has 0 amide bonds. The van der Waals surface area contributed by atoms with Crippen molar-refractivity contribution in [3.63, 3.8) is 0 Å². The van der Waals surface area contributed by atoms with Gasteiger partial charge in [0.25, 0.3) is 0 Å². The molecule has 0 aliphatic carbocycles. The molecule has 1 N–H and O–H groups in total. The van der Waals surface area contributed by atoms with Gasteiger partial charge in [-0.1, -0.05) is 19.8 Å². The van der Waals surface area contributed by atoms with Crippen LogP contribution in [0.3, 0.4) is 0 Å². The third-order valence-corrected chi connectivity index (χ3v) is 5.64. The van der Waals surface area contributed by atoms with Crippen molar-refractivity contribution in [1.82, 2.24) is 5.32 Å². The van der Waals surface area contributed by atoms with Crippen molar-refractivity contribution in [2.45, 2.75) is 37.5 Å². The molecule has 1 saturated heterocycles. The van der Waals surface area contributed by atoms with Gasteiger partial charge in [0, 0.05) is 42.2 Å². The van der Waals surface area contributed by atoms with E-state index in [1.54, 1.807) is 7.11 Å². The molecule has 16 heavy (non-hydrogen) atoms. The highest BCUT2D eigenvalue weighted by atomic mass is 32.2. The molecule has 0 radical (unpaired) electrons. The van der Waals surface area contributed by atoms with E-state index in [4.69, 9.17) is 4.74 Å². The van der Waals surface area contributed by atoms with Crippen LogP contribution in [0, 0.1) is 0 Å². The summed E-state index contributed by atoms with van der Waals surface area (Å²) >= 11 is 4.22. The highest BCUT2D eigenvalue weighted by Gasteiger charge is 2.16. The Labute approximate surface area is 109 Å². The number of ether oxygens (including phenoxy) is 1. The molecular weight excluding hydrogens is 238 g/mol. The summed E-state index contributed by atoms with van der Waals surface area (Å²) in [4.78, 5) is 0. The maximum absolute atomic E-state index is 5.27. The molecule has 0 aromatic heterocycles. The van der Waals surface area contributed by atoms with Gasteiger partial charge < -0.3 is 10.1 Å². The minimum absolute atomic E-state index is 0.553. The lowest BCUT2D eigenvalue weighted by Gasteiger charge is -2.24. The Hall–Kier alpha value is 0.620. The standard InChI is InChI=1S/C12H25NOS2/c1-3-4-5-11(9-14-2)13-8-12-10-15-6-7-16-12/h11-13H,3-10H2,1-2H3. The monoisotopic (exact) mass is 263 g/mol. The van der Waals surface area contributed by atoms with Crippen molar-refractivity contribution in [3.05, 3.63) is 0 Å². The van der Waals surface area contributed by atoms with E-state index in [2.05, 4.69) is 35.8 Å². The third kappa shape index (κ3) is 6.38.